The summed E-state index contributed by atoms with van der Waals surface area (Å²) in [6.07, 6.45) is 3.34. The van der Waals surface area contributed by atoms with E-state index in [1.54, 1.807) is 5.41 Å². The number of hydrogen-bond acceptors (Lipinski definition) is 4. The van der Waals surface area contributed by atoms with Crippen LogP contribution in [-0.4, -0.2) is 20.5 Å². The Balaban J connectivity index is 1.99. The molecule has 110 valence electrons. The van der Waals surface area contributed by atoms with E-state index in [-0.39, 0.29) is 11.6 Å². The number of nitrogens with zero attached hydrogens (tertiary/aromatic N) is 3. The number of rotatable bonds is 6. The van der Waals surface area contributed by atoms with Crippen LogP contribution in [0.15, 0.2) is 40.9 Å². The maximum Gasteiger partial charge on any atom is 0.195 e. The smallest absolute Gasteiger partial charge is 0.195 e. The van der Waals surface area contributed by atoms with Crippen LogP contribution in [0.25, 0.3) is 0 Å². The molecule has 2 aromatic rings. The van der Waals surface area contributed by atoms with Crippen LogP contribution >= 0.6 is 11.8 Å². The van der Waals surface area contributed by atoms with Gasteiger partial charge in [0, 0.05) is 19.0 Å². The molecule has 0 fully saturated rings. The average Bonchev–Trinajstić information content (AvgIpc) is 2.81. The fourth-order valence-corrected chi connectivity index (χ4v) is 2.42. The Morgan fingerprint density at radius 1 is 1.33 bits per heavy atom. The minimum absolute atomic E-state index is 0.168. The summed E-state index contributed by atoms with van der Waals surface area (Å²) in [5, 5.41) is 10.6. The predicted octanol–water partition coefficient (Wildman–Crippen LogP) is 3.40. The number of carbonyl (C=O) groups excluding carboxylic acids is 1. The van der Waals surface area contributed by atoms with Crippen LogP contribution in [0.1, 0.15) is 29.5 Å². The molecular formula is C15H16FN3OS. The van der Waals surface area contributed by atoms with Gasteiger partial charge in [0.1, 0.15) is 11.6 Å². The van der Waals surface area contributed by atoms with Crippen LogP contribution in [0, 0.1) is 5.82 Å². The van der Waals surface area contributed by atoms with E-state index in [4.69, 9.17) is 0 Å². The van der Waals surface area contributed by atoms with E-state index in [0.717, 1.165) is 23.8 Å². The number of allylic oxidation sites excluding steroid dienone is 1. The lowest BCUT2D eigenvalue weighted by Gasteiger charge is -1.99. The molecule has 6 heteroatoms. The van der Waals surface area contributed by atoms with Crippen LogP contribution in [0.2, 0.25) is 0 Å². The maximum atomic E-state index is 12.8. The molecule has 0 aliphatic carbocycles. The monoisotopic (exact) mass is 305 g/mol. The van der Waals surface area contributed by atoms with Gasteiger partial charge in [-0.25, -0.2) is 4.39 Å². The Kier molecular flexibility index (Phi) is 5.27. The van der Waals surface area contributed by atoms with Crippen molar-refractivity contribution in [1.29, 1.82) is 0 Å². The summed E-state index contributed by atoms with van der Waals surface area (Å²) in [5.41, 5.74) is 0.456. The summed E-state index contributed by atoms with van der Waals surface area (Å²) >= 11 is 1.33. The highest BCUT2D eigenvalue weighted by Gasteiger charge is 2.07. The molecule has 0 saturated heterocycles. The molecule has 0 aliphatic rings. The molecule has 21 heavy (non-hydrogen) atoms. The lowest BCUT2D eigenvalue weighted by Crippen LogP contribution is -1.98. The quantitative estimate of drug-likeness (QED) is 0.466. The van der Waals surface area contributed by atoms with Crippen molar-refractivity contribution in [2.45, 2.75) is 24.9 Å². The van der Waals surface area contributed by atoms with Gasteiger partial charge in [-0.05, 0) is 42.2 Å². The van der Waals surface area contributed by atoms with Crippen LogP contribution in [0.3, 0.4) is 0 Å². The standard InChI is InChI=1S/C15H16FN3OS/c1-3-4-14-17-18-15(19(14)2)21-10-9-13(20)11-5-7-12(16)8-6-11/h5-10H,3-4H2,1-2H3/b10-9+. The highest BCUT2D eigenvalue weighted by atomic mass is 32.2. The summed E-state index contributed by atoms with van der Waals surface area (Å²) < 4.78 is 14.7. The first-order valence-corrected chi connectivity index (χ1v) is 7.51. The number of thioether (sulfide) groups is 1. The molecule has 0 amide bonds. The molecule has 0 N–H and O–H groups in total. The summed E-state index contributed by atoms with van der Waals surface area (Å²) in [4.78, 5) is 11.9. The van der Waals surface area contributed by atoms with Gasteiger partial charge in [-0.2, -0.15) is 0 Å². The van der Waals surface area contributed by atoms with Gasteiger partial charge in [-0.15, -0.1) is 10.2 Å². The molecule has 0 aliphatic heterocycles. The van der Waals surface area contributed by atoms with E-state index in [1.165, 1.54) is 42.1 Å². The minimum Gasteiger partial charge on any atom is -0.309 e. The molecule has 2 rings (SSSR count). The van der Waals surface area contributed by atoms with Gasteiger partial charge >= 0.3 is 0 Å². The molecule has 1 heterocycles. The van der Waals surface area contributed by atoms with Gasteiger partial charge in [0.15, 0.2) is 10.9 Å². The Bertz CT molecular complexity index is 649. The molecular weight excluding hydrogens is 289 g/mol. The number of carbonyl (C=O) groups is 1. The molecule has 1 aromatic heterocycles. The molecule has 0 radical (unpaired) electrons. The van der Waals surface area contributed by atoms with Crippen LogP contribution < -0.4 is 0 Å². The van der Waals surface area contributed by atoms with Crippen LogP contribution in [0.5, 0.6) is 0 Å². The third-order valence-electron chi connectivity index (χ3n) is 2.92. The Labute approximate surface area is 127 Å². The summed E-state index contributed by atoms with van der Waals surface area (Å²) in [7, 11) is 1.91. The molecule has 0 saturated carbocycles. The normalized spacial score (nSPS) is 11.2. The molecule has 0 atom stereocenters. The predicted molar refractivity (Wildman–Crippen MR) is 80.7 cm³/mol. The fraction of sp³-hybridized carbons (Fsp3) is 0.267. The first-order valence-electron chi connectivity index (χ1n) is 6.63. The van der Waals surface area contributed by atoms with E-state index >= 15 is 0 Å². The number of hydrogen-bond donors (Lipinski definition) is 0. The highest BCUT2D eigenvalue weighted by Crippen LogP contribution is 2.18. The molecule has 0 bridgehead atoms. The van der Waals surface area contributed by atoms with Crippen molar-refractivity contribution >= 4 is 17.5 Å². The fourth-order valence-electron chi connectivity index (χ4n) is 1.76. The van der Waals surface area contributed by atoms with Crippen molar-refractivity contribution in [2.24, 2.45) is 7.05 Å². The molecule has 1 aromatic carbocycles. The van der Waals surface area contributed by atoms with Gasteiger partial charge in [-0.3, -0.25) is 4.79 Å². The largest absolute Gasteiger partial charge is 0.309 e. The third kappa shape index (κ3) is 4.01. The van der Waals surface area contributed by atoms with E-state index in [0.29, 0.717) is 5.56 Å². The van der Waals surface area contributed by atoms with E-state index in [9.17, 15) is 9.18 Å². The van der Waals surface area contributed by atoms with E-state index < -0.39 is 0 Å². The highest BCUT2D eigenvalue weighted by molar-refractivity contribution is 8.02. The molecule has 0 spiro atoms. The Morgan fingerprint density at radius 3 is 2.71 bits per heavy atom. The van der Waals surface area contributed by atoms with Crippen molar-refractivity contribution in [3.63, 3.8) is 0 Å². The first kappa shape index (κ1) is 15.4. The number of halogens is 1. The van der Waals surface area contributed by atoms with Crippen molar-refractivity contribution in [3.05, 3.63) is 53.0 Å². The zero-order valence-corrected chi connectivity index (χ0v) is 12.7. The topological polar surface area (TPSA) is 47.8 Å². The lowest BCUT2D eigenvalue weighted by molar-refractivity contribution is 0.104. The van der Waals surface area contributed by atoms with Gasteiger partial charge in [0.05, 0.1) is 0 Å². The van der Waals surface area contributed by atoms with Crippen molar-refractivity contribution in [3.8, 4) is 0 Å². The van der Waals surface area contributed by atoms with Crippen LogP contribution in [-0.2, 0) is 13.5 Å². The SMILES string of the molecule is CCCc1nnc(S/C=C/C(=O)c2ccc(F)cc2)n1C. The average molecular weight is 305 g/mol. The first-order chi connectivity index (χ1) is 10.1. The summed E-state index contributed by atoms with van der Waals surface area (Å²) in [5.74, 6) is 0.407. The molecule has 4 nitrogen and oxygen atoms in total. The number of benzene rings is 1. The van der Waals surface area contributed by atoms with Gasteiger partial charge < -0.3 is 4.57 Å². The minimum atomic E-state index is -0.354. The van der Waals surface area contributed by atoms with Crippen LogP contribution in [0.4, 0.5) is 4.39 Å². The van der Waals surface area contributed by atoms with Gasteiger partial charge in [0.2, 0.25) is 0 Å². The lowest BCUT2D eigenvalue weighted by atomic mass is 10.1. The number of aryl methyl sites for hydroxylation is 1. The third-order valence-corrected chi connectivity index (χ3v) is 3.76. The zero-order valence-electron chi connectivity index (χ0n) is 11.9. The zero-order chi connectivity index (χ0) is 15.2. The summed E-state index contributed by atoms with van der Waals surface area (Å²) in [6.45, 7) is 2.09. The van der Waals surface area contributed by atoms with Gasteiger partial charge in [0.25, 0.3) is 0 Å². The van der Waals surface area contributed by atoms with Gasteiger partial charge in [-0.1, -0.05) is 18.7 Å². The second-order valence-electron chi connectivity index (χ2n) is 4.50. The maximum absolute atomic E-state index is 12.8. The van der Waals surface area contributed by atoms with E-state index in [2.05, 4.69) is 17.1 Å². The Hall–Kier alpha value is -1.95. The van der Waals surface area contributed by atoms with Crippen molar-refractivity contribution < 1.29 is 9.18 Å². The number of aromatic nitrogens is 3. The summed E-state index contributed by atoms with van der Waals surface area (Å²) in [6, 6.07) is 5.48. The molecule has 0 unspecified atom stereocenters. The second-order valence-corrected chi connectivity index (χ2v) is 5.37. The Morgan fingerprint density at radius 2 is 2.05 bits per heavy atom. The van der Waals surface area contributed by atoms with Crippen molar-refractivity contribution in [2.75, 3.05) is 0 Å². The number of ketones is 1. The second kappa shape index (κ2) is 7.17. The van der Waals surface area contributed by atoms with E-state index in [1.807, 2.05) is 11.6 Å². The van der Waals surface area contributed by atoms with Crippen molar-refractivity contribution in [1.82, 2.24) is 14.8 Å².